The van der Waals surface area contributed by atoms with Crippen molar-refractivity contribution in [3.8, 4) is 0 Å². The summed E-state index contributed by atoms with van der Waals surface area (Å²) in [4.78, 5) is 28.0. The first-order valence-electron chi connectivity index (χ1n) is 8.59. The van der Waals surface area contributed by atoms with Crippen LogP contribution in [-0.2, 0) is 6.54 Å². The van der Waals surface area contributed by atoms with Gasteiger partial charge >= 0.3 is 0 Å². The maximum Gasteiger partial charge on any atom is 0.262 e. The van der Waals surface area contributed by atoms with Gasteiger partial charge in [0.05, 0.1) is 10.9 Å². The van der Waals surface area contributed by atoms with Crippen LogP contribution in [-0.4, -0.2) is 21.5 Å². The molecule has 1 saturated carbocycles. The van der Waals surface area contributed by atoms with Crippen LogP contribution in [0, 0.1) is 10.7 Å². The van der Waals surface area contributed by atoms with Crippen molar-refractivity contribution in [2.75, 3.05) is 0 Å². The molecule has 5 nitrogen and oxygen atoms in total. The quantitative estimate of drug-likeness (QED) is 0.838. The topological polar surface area (TPSA) is 66.9 Å². The average molecular weight is 345 g/mol. The summed E-state index contributed by atoms with van der Waals surface area (Å²) in [6, 6.07) is 5.36. The Morgan fingerprint density at radius 3 is 2.83 bits per heavy atom. The lowest BCUT2D eigenvalue weighted by Crippen LogP contribution is -2.41. The minimum atomic E-state index is -0.121. The molecular weight excluding hydrogens is 322 g/mol. The minimum Gasteiger partial charge on any atom is -0.349 e. The monoisotopic (exact) mass is 345 g/mol. The number of hydrogen-bond acceptors (Lipinski definition) is 3. The Hall–Kier alpha value is -1.95. The molecule has 0 aliphatic heterocycles. The number of H-pyrrole nitrogens is 1. The Morgan fingerprint density at radius 2 is 2.12 bits per heavy atom. The van der Waals surface area contributed by atoms with Gasteiger partial charge in [-0.2, -0.15) is 0 Å². The number of rotatable bonds is 3. The van der Waals surface area contributed by atoms with E-state index in [1.807, 2.05) is 6.92 Å². The van der Waals surface area contributed by atoms with Crippen LogP contribution in [0.4, 0.5) is 0 Å². The highest BCUT2D eigenvalue weighted by Crippen LogP contribution is 2.24. The molecule has 24 heavy (non-hydrogen) atoms. The van der Waals surface area contributed by atoms with E-state index in [1.54, 1.807) is 18.2 Å². The molecule has 3 rings (SSSR count). The molecule has 1 amide bonds. The number of aromatic amines is 1. The van der Waals surface area contributed by atoms with E-state index in [0.29, 0.717) is 33.7 Å². The van der Waals surface area contributed by atoms with Crippen molar-refractivity contribution in [2.24, 2.45) is 5.92 Å². The van der Waals surface area contributed by atoms with Gasteiger partial charge < -0.3 is 10.3 Å². The molecule has 0 spiro atoms. The molecule has 0 radical (unpaired) electrons. The molecule has 6 heteroatoms. The Labute approximate surface area is 146 Å². The number of carbonyl (C=O) groups is 1. The highest BCUT2D eigenvalue weighted by Gasteiger charge is 2.23. The van der Waals surface area contributed by atoms with Crippen LogP contribution >= 0.6 is 12.2 Å². The van der Waals surface area contributed by atoms with Gasteiger partial charge in [0.1, 0.15) is 0 Å². The predicted octanol–water partition coefficient (Wildman–Crippen LogP) is 3.39. The molecule has 2 aromatic rings. The van der Waals surface area contributed by atoms with Crippen LogP contribution in [0.3, 0.4) is 0 Å². The number of hydrogen-bond donors (Lipinski definition) is 2. The van der Waals surface area contributed by atoms with E-state index in [1.165, 1.54) is 11.0 Å². The average Bonchev–Trinajstić information content (AvgIpc) is 2.56. The normalized spacial score (nSPS) is 20.9. The van der Waals surface area contributed by atoms with E-state index in [9.17, 15) is 9.59 Å². The first-order valence-corrected chi connectivity index (χ1v) is 9.00. The molecule has 128 valence electrons. The number of aromatic nitrogens is 2. The summed E-state index contributed by atoms with van der Waals surface area (Å²) >= 11 is 5.23. The fourth-order valence-electron chi connectivity index (χ4n) is 3.47. The predicted molar refractivity (Wildman–Crippen MR) is 98.0 cm³/mol. The van der Waals surface area contributed by atoms with Crippen molar-refractivity contribution in [1.29, 1.82) is 0 Å². The number of benzene rings is 1. The Bertz CT molecular complexity index is 884. The van der Waals surface area contributed by atoms with E-state index >= 15 is 0 Å². The second kappa shape index (κ2) is 6.89. The van der Waals surface area contributed by atoms with Crippen LogP contribution in [0.15, 0.2) is 23.0 Å². The van der Waals surface area contributed by atoms with Gasteiger partial charge in [-0.1, -0.05) is 19.8 Å². The smallest absolute Gasteiger partial charge is 0.262 e. The van der Waals surface area contributed by atoms with Gasteiger partial charge in [0.15, 0.2) is 4.77 Å². The first kappa shape index (κ1) is 16.9. The molecule has 1 aromatic heterocycles. The lowest BCUT2D eigenvalue weighted by atomic mass is 9.86. The van der Waals surface area contributed by atoms with Crippen molar-refractivity contribution in [3.05, 3.63) is 38.9 Å². The lowest BCUT2D eigenvalue weighted by molar-refractivity contribution is 0.0910. The Balaban J connectivity index is 1.91. The van der Waals surface area contributed by atoms with Crippen molar-refractivity contribution < 1.29 is 4.79 Å². The zero-order valence-corrected chi connectivity index (χ0v) is 14.9. The third-order valence-corrected chi connectivity index (χ3v) is 5.31. The van der Waals surface area contributed by atoms with E-state index < -0.39 is 0 Å². The summed E-state index contributed by atoms with van der Waals surface area (Å²) in [5.74, 6) is 0.417. The van der Waals surface area contributed by atoms with Gasteiger partial charge in [0, 0.05) is 18.2 Å². The zero-order valence-electron chi connectivity index (χ0n) is 14.1. The third-order valence-electron chi connectivity index (χ3n) is 4.99. The number of fused-ring (bicyclic) bond motifs is 1. The number of nitrogens with zero attached hydrogens (tertiary/aromatic N) is 1. The molecule has 2 atom stereocenters. The van der Waals surface area contributed by atoms with Crippen LogP contribution in [0.5, 0.6) is 0 Å². The molecule has 0 bridgehead atoms. The fourth-order valence-corrected chi connectivity index (χ4v) is 3.79. The molecular formula is C18H23N3O2S. The van der Waals surface area contributed by atoms with Crippen molar-refractivity contribution >= 4 is 29.0 Å². The van der Waals surface area contributed by atoms with Gasteiger partial charge in [0.25, 0.3) is 11.5 Å². The van der Waals surface area contributed by atoms with Gasteiger partial charge in [-0.3, -0.25) is 14.2 Å². The van der Waals surface area contributed by atoms with E-state index in [4.69, 9.17) is 12.2 Å². The second-order valence-electron chi connectivity index (χ2n) is 6.58. The number of amides is 1. The summed E-state index contributed by atoms with van der Waals surface area (Å²) < 4.78 is 1.90. The highest BCUT2D eigenvalue weighted by molar-refractivity contribution is 7.71. The molecule has 2 N–H and O–H groups in total. The van der Waals surface area contributed by atoms with Crippen LogP contribution in [0.2, 0.25) is 0 Å². The summed E-state index contributed by atoms with van der Waals surface area (Å²) in [7, 11) is 0. The fraction of sp³-hybridized carbons (Fsp3) is 0.500. The van der Waals surface area contributed by atoms with Crippen LogP contribution < -0.4 is 10.9 Å². The van der Waals surface area contributed by atoms with Gasteiger partial charge in [0.2, 0.25) is 0 Å². The van der Waals surface area contributed by atoms with Crippen molar-refractivity contribution in [2.45, 2.75) is 52.1 Å². The van der Waals surface area contributed by atoms with Crippen LogP contribution in [0.25, 0.3) is 10.9 Å². The van der Waals surface area contributed by atoms with E-state index in [0.717, 1.165) is 19.3 Å². The summed E-state index contributed by atoms with van der Waals surface area (Å²) in [6.07, 6.45) is 4.59. The summed E-state index contributed by atoms with van der Waals surface area (Å²) in [5, 5.41) is 3.69. The SMILES string of the molecule is CCn1c(=S)[nH]c2cc(C(=O)N[C@@H]3CCCC[C@H]3C)ccc2c1=O. The van der Waals surface area contributed by atoms with E-state index in [-0.39, 0.29) is 17.5 Å². The molecule has 1 heterocycles. The Kier molecular flexibility index (Phi) is 4.85. The lowest BCUT2D eigenvalue weighted by Gasteiger charge is -2.29. The standard InChI is InChI=1S/C18H23N3O2S/c1-3-21-17(23)13-9-8-12(10-15(13)20-18(21)24)16(22)19-14-7-5-4-6-11(14)2/h8-11,14H,3-7H2,1-2H3,(H,19,22)(H,20,24)/t11-,14-/m1/s1. The first-order chi connectivity index (χ1) is 11.5. The maximum atomic E-state index is 12.6. The Morgan fingerprint density at radius 1 is 1.38 bits per heavy atom. The second-order valence-corrected chi connectivity index (χ2v) is 6.97. The van der Waals surface area contributed by atoms with Crippen molar-refractivity contribution in [3.63, 3.8) is 0 Å². The molecule has 0 unspecified atom stereocenters. The maximum absolute atomic E-state index is 12.6. The molecule has 1 aliphatic carbocycles. The molecule has 1 fully saturated rings. The zero-order chi connectivity index (χ0) is 17.3. The minimum absolute atomic E-state index is 0.0883. The number of nitrogens with one attached hydrogen (secondary N) is 2. The molecule has 1 aromatic carbocycles. The third kappa shape index (κ3) is 3.15. The van der Waals surface area contributed by atoms with Crippen LogP contribution in [0.1, 0.15) is 49.9 Å². The molecule has 0 saturated heterocycles. The summed E-state index contributed by atoms with van der Waals surface area (Å²) in [5.41, 5.74) is 1.04. The van der Waals surface area contributed by atoms with Gasteiger partial charge in [-0.05, 0) is 56.1 Å². The highest BCUT2D eigenvalue weighted by atomic mass is 32.1. The summed E-state index contributed by atoms with van der Waals surface area (Å²) in [6.45, 7) is 4.59. The van der Waals surface area contributed by atoms with Gasteiger partial charge in [-0.25, -0.2) is 0 Å². The van der Waals surface area contributed by atoms with Gasteiger partial charge in [-0.15, -0.1) is 0 Å². The largest absolute Gasteiger partial charge is 0.349 e. The van der Waals surface area contributed by atoms with E-state index in [2.05, 4.69) is 17.2 Å². The number of carbonyl (C=O) groups excluding carboxylic acids is 1. The molecule has 1 aliphatic rings. The van der Waals surface area contributed by atoms with Crippen molar-refractivity contribution in [1.82, 2.24) is 14.9 Å².